The molecule has 0 radical (unpaired) electrons. The van der Waals surface area contributed by atoms with Crippen LogP contribution in [0.5, 0.6) is 0 Å². The van der Waals surface area contributed by atoms with Crippen molar-refractivity contribution in [2.45, 2.75) is 25.9 Å². The van der Waals surface area contributed by atoms with Crippen molar-refractivity contribution in [3.63, 3.8) is 0 Å². The summed E-state index contributed by atoms with van der Waals surface area (Å²) in [5.74, 6) is 1.10. The molecule has 1 aliphatic carbocycles. The lowest BCUT2D eigenvalue weighted by atomic mass is 9.92. The van der Waals surface area contributed by atoms with E-state index in [1.807, 2.05) is 18.2 Å². The van der Waals surface area contributed by atoms with Gasteiger partial charge in [0.25, 0.3) is 0 Å². The molecule has 0 amide bonds. The van der Waals surface area contributed by atoms with Gasteiger partial charge in [-0.1, -0.05) is 61.5 Å². The molecular formula is C18H20O. The van der Waals surface area contributed by atoms with Gasteiger partial charge in [-0.15, -0.1) is 0 Å². The largest absolute Gasteiger partial charge is 0.388 e. The summed E-state index contributed by atoms with van der Waals surface area (Å²) in [6, 6.07) is 18.7. The smallest absolute Gasteiger partial charge is 0.0818 e. The Hall–Kier alpha value is -1.60. The molecule has 1 N–H and O–H groups in total. The molecule has 0 heterocycles. The van der Waals surface area contributed by atoms with Gasteiger partial charge in [0.15, 0.2) is 0 Å². The number of benzene rings is 2. The molecule has 1 aliphatic rings. The highest BCUT2D eigenvalue weighted by atomic mass is 16.3. The van der Waals surface area contributed by atoms with E-state index in [-0.39, 0.29) is 6.10 Å². The fraction of sp³-hybridized carbons (Fsp3) is 0.333. The molecular weight excluding hydrogens is 232 g/mol. The highest BCUT2D eigenvalue weighted by molar-refractivity contribution is 5.63. The van der Waals surface area contributed by atoms with Crippen molar-refractivity contribution >= 4 is 0 Å². The molecule has 2 aromatic carbocycles. The quantitative estimate of drug-likeness (QED) is 0.853. The molecule has 2 unspecified atom stereocenters. The van der Waals surface area contributed by atoms with Gasteiger partial charge in [-0.2, -0.15) is 0 Å². The van der Waals surface area contributed by atoms with Crippen molar-refractivity contribution in [1.29, 1.82) is 0 Å². The highest BCUT2D eigenvalue weighted by Crippen LogP contribution is 2.42. The summed E-state index contributed by atoms with van der Waals surface area (Å²) in [4.78, 5) is 0. The monoisotopic (exact) mass is 252 g/mol. The second kappa shape index (κ2) is 5.18. The zero-order valence-corrected chi connectivity index (χ0v) is 11.3. The Balaban J connectivity index is 1.78. The average Bonchev–Trinajstić information content (AvgIpc) is 3.31. The Kier molecular flexibility index (Phi) is 3.39. The van der Waals surface area contributed by atoms with E-state index in [0.29, 0.717) is 5.92 Å². The molecule has 1 nitrogen and oxygen atoms in total. The zero-order chi connectivity index (χ0) is 13.2. The molecule has 1 heteroatoms. The van der Waals surface area contributed by atoms with Gasteiger partial charge in [0.2, 0.25) is 0 Å². The Bertz CT molecular complexity index is 525. The van der Waals surface area contributed by atoms with Crippen LogP contribution in [0.25, 0.3) is 11.1 Å². The molecule has 2 atom stereocenters. The minimum Gasteiger partial charge on any atom is -0.388 e. The summed E-state index contributed by atoms with van der Waals surface area (Å²) >= 11 is 0. The fourth-order valence-electron chi connectivity index (χ4n) is 2.69. The van der Waals surface area contributed by atoms with Gasteiger partial charge >= 0.3 is 0 Å². The molecule has 0 aliphatic heterocycles. The van der Waals surface area contributed by atoms with E-state index in [1.165, 1.54) is 24.0 Å². The van der Waals surface area contributed by atoms with Crippen molar-refractivity contribution in [1.82, 2.24) is 0 Å². The van der Waals surface area contributed by atoms with Gasteiger partial charge in [-0.3, -0.25) is 0 Å². The van der Waals surface area contributed by atoms with Crippen LogP contribution in [-0.4, -0.2) is 5.11 Å². The number of rotatable bonds is 4. The summed E-state index contributed by atoms with van der Waals surface area (Å²) in [6.07, 6.45) is 2.23. The second-order valence-corrected chi connectivity index (χ2v) is 5.63. The summed E-state index contributed by atoms with van der Waals surface area (Å²) in [5, 5.41) is 10.4. The molecule has 2 aromatic rings. The Morgan fingerprint density at radius 1 is 0.895 bits per heavy atom. The van der Waals surface area contributed by atoms with Gasteiger partial charge in [0, 0.05) is 0 Å². The summed E-state index contributed by atoms with van der Waals surface area (Å²) in [7, 11) is 0. The lowest BCUT2D eigenvalue weighted by molar-refractivity contribution is 0.106. The van der Waals surface area contributed by atoms with Crippen LogP contribution in [0, 0.1) is 11.8 Å². The molecule has 19 heavy (non-hydrogen) atoms. The Morgan fingerprint density at radius 2 is 1.47 bits per heavy atom. The predicted molar refractivity (Wildman–Crippen MR) is 78.7 cm³/mol. The van der Waals surface area contributed by atoms with Gasteiger partial charge in [-0.25, -0.2) is 0 Å². The first-order chi connectivity index (χ1) is 9.25. The molecule has 0 aromatic heterocycles. The van der Waals surface area contributed by atoms with Crippen LogP contribution in [0.4, 0.5) is 0 Å². The average molecular weight is 252 g/mol. The lowest BCUT2D eigenvalue weighted by Crippen LogP contribution is -2.10. The maximum atomic E-state index is 10.4. The van der Waals surface area contributed by atoms with E-state index in [0.717, 1.165) is 11.5 Å². The van der Waals surface area contributed by atoms with E-state index in [4.69, 9.17) is 0 Å². The molecule has 0 saturated heterocycles. The van der Waals surface area contributed by atoms with Crippen molar-refractivity contribution in [3.05, 3.63) is 60.2 Å². The summed E-state index contributed by atoms with van der Waals surface area (Å²) in [5.41, 5.74) is 3.47. The predicted octanol–water partition coefficient (Wildman–Crippen LogP) is 4.43. The van der Waals surface area contributed by atoms with Gasteiger partial charge < -0.3 is 5.11 Å². The van der Waals surface area contributed by atoms with Gasteiger partial charge in [-0.05, 0) is 41.4 Å². The van der Waals surface area contributed by atoms with Crippen LogP contribution in [0.2, 0.25) is 0 Å². The van der Waals surface area contributed by atoms with Crippen LogP contribution in [0.3, 0.4) is 0 Å². The van der Waals surface area contributed by atoms with Gasteiger partial charge in [0.05, 0.1) is 6.10 Å². The van der Waals surface area contributed by atoms with Crippen LogP contribution >= 0.6 is 0 Å². The minimum absolute atomic E-state index is 0.322. The third-order valence-electron chi connectivity index (χ3n) is 4.22. The number of aliphatic hydroxyl groups is 1. The Morgan fingerprint density at radius 3 is 2.05 bits per heavy atom. The topological polar surface area (TPSA) is 20.2 Å². The normalized spacial score (nSPS) is 18.0. The van der Waals surface area contributed by atoms with Crippen molar-refractivity contribution in [3.8, 4) is 11.1 Å². The fourth-order valence-corrected chi connectivity index (χ4v) is 2.69. The van der Waals surface area contributed by atoms with E-state index in [1.54, 1.807) is 0 Å². The molecule has 1 fully saturated rings. The third-order valence-corrected chi connectivity index (χ3v) is 4.22. The van der Waals surface area contributed by atoms with Crippen LogP contribution < -0.4 is 0 Å². The number of hydrogen-bond acceptors (Lipinski definition) is 1. The third kappa shape index (κ3) is 2.71. The van der Waals surface area contributed by atoms with E-state index >= 15 is 0 Å². The highest BCUT2D eigenvalue weighted by Gasteiger charge is 2.32. The van der Waals surface area contributed by atoms with Gasteiger partial charge in [0.1, 0.15) is 0 Å². The molecule has 3 rings (SSSR count). The first-order valence-corrected chi connectivity index (χ1v) is 7.09. The maximum absolute atomic E-state index is 10.4. The van der Waals surface area contributed by atoms with Crippen LogP contribution in [0.1, 0.15) is 31.4 Å². The second-order valence-electron chi connectivity index (χ2n) is 5.63. The van der Waals surface area contributed by atoms with E-state index in [2.05, 4.69) is 43.3 Å². The standard InChI is InChI=1S/C18H20O/c1-13(14-7-8-14)18(19)17-11-9-16(10-12-17)15-5-3-2-4-6-15/h2-6,9-14,18-19H,7-8H2,1H3. The van der Waals surface area contributed by atoms with E-state index in [9.17, 15) is 5.11 Å². The lowest BCUT2D eigenvalue weighted by Gasteiger charge is -2.19. The molecule has 0 bridgehead atoms. The molecule has 1 saturated carbocycles. The number of aliphatic hydroxyl groups excluding tert-OH is 1. The minimum atomic E-state index is -0.322. The first kappa shape index (κ1) is 12.4. The molecule has 0 spiro atoms. The maximum Gasteiger partial charge on any atom is 0.0818 e. The van der Waals surface area contributed by atoms with Crippen molar-refractivity contribution < 1.29 is 5.11 Å². The SMILES string of the molecule is CC(C1CC1)C(O)c1ccc(-c2ccccc2)cc1. The molecule has 98 valence electrons. The van der Waals surface area contributed by atoms with Crippen LogP contribution in [-0.2, 0) is 0 Å². The number of hydrogen-bond donors (Lipinski definition) is 1. The Labute approximate surface area is 114 Å². The summed E-state index contributed by atoms with van der Waals surface area (Å²) < 4.78 is 0. The van der Waals surface area contributed by atoms with Crippen LogP contribution in [0.15, 0.2) is 54.6 Å². The van der Waals surface area contributed by atoms with E-state index < -0.39 is 0 Å². The summed E-state index contributed by atoms with van der Waals surface area (Å²) in [6.45, 7) is 2.16. The van der Waals surface area contributed by atoms with Crippen molar-refractivity contribution in [2.24, 2.45) is 11.8 Å². The van der Waals surface area contributed by atoms with Crippen molar-refractivity contribution in [2.75, 3.05) is 0 Å². The first-order valence-electron chi connectivity index (χ1n) is 7.09. The zero-order valence-electron chi connectivity index (χ0n) is 11.3.